The summed E-state index contributed by atoms with van der Waals surface area (Å²) < 4.78 is 25.1. The maximum absolute atomic E-state index is 11.9. The minimum atomic E-state index is -3.48. The first kappa shape index (κ1) is 11.8. The Kier molecular flexibility index (Phi) is 3.88. The molecule has 1 heterocycles. The van der Waals surface area contributed by atoms with Crippen LogP contribution in [0.1, 0.15) is 13.3 Å². The third kappa shape index (κ3) is 2.58. The van der Waals surface area contributed by atoms with Gasteiger partial charge in [-0.15, -0.1) is 6.42 Å². The molecule has 5 nitrogen and oxygen atoms in total. The summed E-state index contributed by atoms with van der Waals surface area (Å²) in [7, 11) is -3.48. The quantitative estimate of drug-likeness (QED) is 0.742. The van der Waals surface area contributed by atoms with Gasteiger partial charge in [0.15, 0.2) is 0 Å². The number of sulfonamides is 1. The van der Waals surface area contributed by atoms with Gasteiger partial charge >= 0.3 is 0 Å². The molecule has 0 fully saturated rings. The highest BCUT2D eigenvalue weighted by Crippen LogP contribution is 2.13. The van der Waals surface area contributed by atoms with Gasteiger partial charge in [-0.3, -0.25) is 5.10 Å². The van der Waals surface area contributed by atoms with Crippen molar-refractivity contribution in [1.29, 1.82) is 0 Å². The van der Waals surface area contributed by atoms with Crippen LogP contribution >= 0.6 is 0 Å². The fourth-order valence-corrected chi connectivity index (χ4v) is 2.52. The summed E-state index contributed by atoms with van der Waals surface area (Å²) in [6.07, 6.45) is 8.47. The molecule has 82 valence electrons. The first-order chi connectivity index (χ1) is 7.12. The number of aromatic nitrogens is 2. The molecule has 0 aromatic carbocycles. The van der Waals surface area contributed by atoms with Crippen molar-refractivity contribution < 1.29 is 8.42 Å². The molecule has 0 aliphatic rings. The lowest BCUT2D eigenvalue weighted by Crippen LogP contribution is -2.32. The second-order valence-electron chi connectivity index (χ2n) is 2.98. The lowest BCUT2D eigenvalue weighted by molar-refractivity contribution is 0.446. The molecule has 0 aliphatic heterocycles. The van der Waals surface area contributed by atoms with E-state index in [1.165, 1.54) is 16.7 Å². The van der Waals surface area contributed by atoms with Crippen LogP contribution in [0.3, 0.4) is 0 Å². The molecular formula is C9H13N3O2S. The van der Waals surface area contributed by atoms with Crippen molar-refractivity contribution in [2.45, 2.75) is 18.2 Å². The molecule has 0 unspecified atom stereocenters. The van der Waals surface area contributed by atoms with Crippen molar-refractivity contribution in [1.82, 2.24) is 14.5 Å². The lowest BCUT2D eigenvalue weighted by Gasteiger charge is -2.17. The number of rotatable bonds is 5. The molecule has 0 spiro atoms. The van der Waals surface area contributed by atoms with E-state index in [2.05, 4.69) is 16.1 Å². The molecule has 0 saturated heterocycles. The monoisotopic (exact) mass is 227 g/mol. The Bertz CT molecular complexity index is 430. The Hall–Kier alpha value is -1.32. The summed E-state index contributed by atoms with van der Waals surface area (Å²) in [5.41, 5.74) is 0. The Morgan fingerprint density at radius 2 is 2.40 bits per heavy atom. The fraction of sp³-hybridized carbons (Fsp3) is 0.444. The predicted molar refractivity (Wildman–Crippen MR) is 56.5 cm³/mol. The summed E-state index contributed by atoms with van der Waals surface area (Å²) in [6.45, 7) is 2.40. The summed E-state index contributed by atoms with van der Waals surface area (Å²) in [4.78, 5) is 0.145. The predicted octanol–water partition coefficient (Wildman–Crippen LogP) is 0.444. The molecule has 1 aromatic heterocycles. The number of nitrogens with zero attached hydrogens (tertiary/aromatic N) is 2. The normalized spacial score (nSPS) is 11.5. The van der Waals surface area contributed by atoms with E-state index in [0.717, 1.165) is 6.42 Å². The average Bonchev–Trinajstić information content (AvgIpc) is 2.70. The lowest BCUT2D eigenvalue weighted by atomic mass is 10.5. The van der Waals surface area contributed by atoms with Crippen molar-refractivity contribution in [3.8, 4) is 12.3 Å². The topological polar surface area (TPSA) is 66.1 Å². The average molecular weight is 227 g/mol. The SMILES string of the molecule is C#CCN(CCC)S(=O)(=O)c1cn[nH]c1. The van der Waals surface area contributed by atoms with Crippen molar-refractivity contribution in [3.05, 3.63) is 12.4 Å². The second-order valence-corrected chi connectivity index (χ2v) is 4.91. The minimum absolute atomic E-state index is 0.0847. The Morgan fingerprint density at radius 1 is 1.67 bits per heavy atom. The Morgan fingerprint density at radius 3 is 2.87 bits per heavy atom. The molecule has 0 amide bonds. The zero-order chi connectivity index (χ0) is 11.3. The van der Waals surface area contributed by atoms with Gasteiger partial charge in [-0.2, -0.15) is 9.40 Å². The highest BCUT2D eigenvalue weighted by molar-refractivity contribution is 7.89. The highest BCUT2D eigenvalue weighted by atomic mass is 32.2. The summed E-state index contributed by atoms with van der Waals surface area (Å²) in [6, 6.07) is 0. The van der Waals surface area contributed by atoms with Gasteiger partial charge < -0.3 is 0 Å². The number of hydrogen-bond donors (Lipinski definition) is 1. The van der Waals surface area contributed by atoms with Crippen LogP contribution in [0.15, 0.2) is 17.3 Å². The molecule has 1 aromatic rings. The van der Waals surface area contributed by atoms with Crippen LogP contribution in [-0.2, 0) is 10.0 Å². The van der Waals surface area contributed by atoms with Crippen molar-refractivity contribution >= 4 is 10.0 Å². The first-order valence-corrected chi connectivity index (χ1v) is 5.99. The first-order valence-electron chi connectivity index (χ1n) is 4.55. The van der Waals surface area contributed by atoms with E-state index in [1.807, 2.05) is 6.92 Å². The third-order valence-electron chi connectivity index (χ3n) is 1.85. The maximum atomic E-state index is 11.9. The Balaban J connectivity index is 2.97. The second kappa shape index (κ2) is 4.96. The number of nitrogens with one attached hydrogen (secondary N) is 1. The molecule has 1 rings (SSSR count). The van der Waals surface area contributed by atoms with Crippen LogP contribution in [0.2, 0.25) is 0 Å². The van der Waals surface area contributed by atoms with Crippen LogP contribution < -0.4 is 0 Å². The summed E-state index contributed by atoms with van der Waals surface area (Å²) >= 11 is 0. The minimum Gasteiger partial charge on any atom is -0.284 e. The van der Waals surface area contributed by atoms with E-state index in [4.69, 9.17) is 6.42 Å². The van der Waals surface area contributed by atoms with Crippen molar-refractivity contribution in [2.24, 2.45) is 0 Å². The van der Waals surface area contributed by atoms with E-state index >= 15 is 0 Å². The molecule has 0 radical (unpaired) electrons. The van der Waals surface area contributed by atoms with E-state index in [-0.39, 0.29) is 11.4 Å². The molecule has 1 N–H and O–H groups in total. The number of aromatic amines is 1. The van der Waals surface area contributed by atoms with E-state index in [9.17, 15) is 8.42 Å². The van der Waals surface area contributed by atoms with Crippen molar-refractivity contribution in [2.75, 3.05) is 13.1 Å². The maximum Gasteiger partial charge on any atom is 0.247 e. The van der Waals surface area contributed by atoms with Gasteiger partial charge in [0, 0.05) is 12.7 Å². The van der Waals surface area contributed by atoms with Gasteiger partial charge in [0.2, 0.25) is 10.0 Å². The van der Waals surface area contributed by atoms with Crippen LogP contribution in [-0.4, -0.2) is 36.0 Å². The van der Waals surface area contributed by atoms with Gasteiger partial charge in [-0.25, -0.2) is 8.42 Å². The highest BCUT2D eigenvalue weighted by Gasteiger charge is 2.23. The molecular weight excluding hydrogens is 214 g/mol. The number of H-pyrrole nitrogens is 1. The molecule has 0 atom stereocenters. The standard InChI is InChI=1S/C9H13N3O2S/c1-3-5-12(6-4-2)15(13,14)9-7-10-11-8-9/h1,7-8H,4-6H2,2H3,(H,10,11). The smallest absolute Gasteiger partial charge is 0.247 e. The van der Waals surface area contributed by atoms with Gasteiger partial charge in [-0.05, 0) is 6.42 Å². The van der Waals surface area contributed by atoms with Crippen LogP contribution in [0.25, 0.3) is 0 Å². The number of terminal acetylenes is 1. The molecule has 0 bridgehead atoms. The fourth-order valence-electron chi connectivity index (χ4n) is 1.16. The van der Waals surface area contributed by atoms with E-state index < -0.39 is 10.0 Å². The summed E-state index contributed by atoms with van der Waals surface area (Å²) in [5.74, 6) is 2.34. The van der Waals surface area contributed by atoms with E-state index in [1.54, 1.807) is 0 Å². The zero-order valence-corrected chi connectivity index (χ0v) is 9.29. The zero-order valence-electron chi connectivity index (χ0n) is 8.47. The summed E-state index contributed by atoms with van der Waals surface area (Å²) in [5, 5.41) is 6.08. The molecule has 6 heteroatoms. The third-order valence-corrected chi connectivity index (χ3v) is 3.66. The number of hydrogen-bond acceptors (Lipinski definition) is 3. The van der Waals surface area contributed by atoms with Gasteiger partial charge in [0.1, 0.15) is 4.90 Å². The van der Waals surface area contributed by atoms with Crippen LogP contribution in [0.4, 0.5) is 0 Å². The molecule has 0 aliphatic carbocycles. The molecule has 0 saturated carbocycles. The van der Waals surface area contributed by atoms with Crippen LogP contribution in [0, 0.1) is 12.3 Å². The van der Waals surface area contributed by atoms with Crippen molar-refractivity contribution in [3.63, 3.8) is 0 Å². The van der Waals surface area contributed by atoms with Gasteiger partial charge in [-0.1, -0.05) is 12.8 Å². The molecule has 15 heavy (non-hydrogen) atoms. The Labute approximate surface area is 89.5 Å². The van der Waals surface area contributed by atoms with E-state index in [0.29, 0.717) is 6.54 Å². The largest absolute Gasteiger partial charge is 0.284 e. The van der Waals surface area contributed by atoms with Crippen LogP contribution in [0.5, 0.6) is 0 Å². The van der Waals surface area contributed by atoms with Gasteiger partial charge in [0.25, 0.3) is 0 Å². The van der Waals surface area contributed by atoms with Gasteiger partial charge in [0.05, 0.1) is 12.7 Å².